The van der Waals surface area contributed by atoms with Crippen LogP contribution < -0.4 is 10.1 Å². The number of para-hydroxylation sites is 1. The number of benzene rings is 1. The monoisotopic (exact) mass is 368 g/mol. The zero-order valence-corrected chi connectivity index (χ0v) is 13.9. The fourth-order valence-electron chi connectivity index (χ4n) is 2.45. The molecule has 1 unspecified atom stereocenters. The highest BCUT2D eigenvalue weighted by Crippen LogP contribution is 2.35. The van der Waals surface area contributed by atoms with Gasteiger partial charge >= 0.3 is 6.18 Å². The van der Waals surface area contributed by atoms with Gasteiger partial charge in [-0.25, -0.2) is 4.98 Å². The average Bonchev–Trinajstić information content (AvgIpc) is 3.08. The lowest BCUT2D eigenvalue weighted by molar-refractivity contribution is -0.136. The van der Waals surface area contributed by atoms with E-state index in [1.54, 1.807) is 17.8 Å². The Morgan fingerprint density at radius 1 is 1.24 bits per heavy atom. The summed E-state index contributed by atoms with van der Waals surface area (Å²) < 4.78 is 44.9. The molecule has 2 heterocycles. The van der Waals surface area contributed by atoms with E-state index in [9.17, 15) is 18.0 Å². The fourth-order valence-corrected chi connectivity index (χ4v) is 3.54. The summed E-state index contributed by atoms with van der Waals surface area (Å²) in [6.45, 7) is 0. The average molecular weight is 368 g/mol. The fraction of sp³-hybridized carbons (Fsp3) is 0.294. The predicted molar refractivity (Wildman–Crippen MR) is 90.0 cm³/mol. The van der Waals surface area contributed by atoms with Crippen LogP contribution in [0.3, 0.4) is 0 Å². The van der Waals surface area contributed by atoms with Gasteiger partial charge in [0.05, 0.1) is 11.3 Å². The van der Waals surface area contributed by atoms with E-state index in [-0.39, 0.29) is 23.2 Å². The van der Waals surface area contributed by atoms with Crippen molar-refractivity contribution >= 4 is 23.4 Å². The highest BCUT2D eigenvalue weighted by atomic mass is 32.2. The SMILES string of the molecule is O=C(Nc1ccccc1C(F)(F)F)c1cccnc1OC1CCSC1. The maximum atomic E-state index is 13.1. The molecule has 8 heteroatoms. The second-order valence-electron chi connectivity index (χ2n) is 5.46. The van der Waals surface area contributed by atoms with E-state index in [0.717, 1.165) is 24.0 Å². The Bertz CT molecular complexity index is 762. The number of halogens is 3. The number of aromatic nitrogens is 1. The van der Waals surface area contributed by atoms with Crippen LogP contribution in [0.25, 0.3) is 0 Å². The lowest BCUT2D eigenvalue weighted by Gasteiger charge is -2.16. The maximum Gasteiger partial charge on any atom is 0.418 e. The third-order valence-corrected chi connectivity index (χ3v) is 4.79. The summed E-state index contributed by atoms with van der Waals surface area (Å²) in [5.74, 6) is 1.22. The molecule has 0 spiro atoms. The van der Waals surface area contributed by atoms with Crippen LogP contribution in [-0.2, 0) is 6.18 Å². The van der Waals surface area contributed by atoms with E-state index in [4.69, 9.17) is 4.74 Å². The standard InChI is InChI=1S/C17H15F3N2O2S/c18-17(19,20)13-5-1-2-6-14(13)22-15(23)12-4-3-8-21-16(12)24-11-7-9-25-10-11/h1-6,8,11H,7,9-10H2,(H,22,23). The van der Waals surface area contributed by atoms with Crippen LogP contribution in [0.2, 0.25) is 0 Å². The highest BCUT2D eigenvalue weighted by Gasteiger charge is 2.34. The summed E-state index contributed by atoms with van der Waals surface area (Å²) in [7, 11) is 0. The number of rotatable bonds is 4. The second kappa shape index (κ2) is 7.35. The first-order valence-electron chi connectivity index (χ1n) is 7.62. The third kappa shape index (κ3) is 4.25. The van der Waals surface area contributed by atoms with Gasteiger partial charge in [-0.2, -0.15) is 24.9 Å². The molecule has 1 fully saturated rings. The van der Waals surface area contributed by atoms with Gasteiger partial charge in [-0.05, 0) is 36.4 Å². The molecule has 2 aromatic rings. The number of anilines is 1. The molecule has 1 aromatic heterocycles. The summed E-state index contributed by atoms with van der Waals surface area (Å²) in [6, 6.07) is 7.87. The third-order valence-electron chi connectivity index (χ3n) is 3.66. The number of thioether (sulfide) groups is 1. The zero-order valence-electron chi connectivity index (χ0n) is 13.0. The topological polar surface area (TPSA) is 51.2 Å². The minimum atomic E-state index is -4.56. The van der Waals surface area contributed by atoms with Crippen LogP contribution in [0.4, 0.5) is 18.9 Å². The summed E-state index contributed by atoms with van der Waals surface area (Å²) in [5.41, 5.74) is -1.09. The lowest BCUT2D eigenvalue weighted by atomic mass is 10.1. The van der Waals surface area contributed by atoms with Crippen molar-refractivity contribution in [2.75, 3.05) is 16.8 Å². The zero-order chi connectivity index (χ0) is 17.9. The Kier molecular flexibility index (Phi) is 5.17. The van der Waals surface area contributed by atoms with Gasteiger partial charge in [-0.3, -0.25) is 4.79 Å². The molecule has 0 aliphatic carbocycles. The first kappa shape index (κ1) is 17.6. The molecule has 0 bridgehead atoms. The van der Waals surface area contributed by atoms with E-state index >= 15 is 0 Å². The van der Waals surface area contributed by atoms with Crippen molar-refractivity contribution in [1.82, 2.24) is 4.98 Å². The summed E-state index contributed by atoms with van der Waals surface area (Å²) in [4.78, 5) is 16.5. The molecule has 25 heavy (non-hydrogen) atoms. The van der Waals surface area contributed by atoms with Crippen molar-refractivity contribution in [3.8, 4) is 5.88 Å². The molecular formula is C17H15F3N2O2S. The number of hydrogen-bond donors (Lipinski definition) is 1. The Hall–Kier alpha value is -2.22. The normalized spacial score (nSPS) is 17.3. The number of amides is 1. The Labute approximate surface area is 146 Å². The van der Waals surface area contributed by atoms with E-state index in [0.29, 0.717) is 0 Å². The highest BCUT2D eigenvalue weighted by molar-refractivity contribution is 7.99. The van der Waals surface area contributed by atoms with Gasteiger partial charge in [-0.1, -0.05) is 12.1 Å². The van der Waals surface area contributed by atoms with Crippen molar-refractivity contribution in [1.29, 1.82) is 0 Å². The molecule has 1 amide bonds. The molecule has 1 aliphatic rings. The molecule has 1 aromatic carbocycles. The van der Waals surface area contributed by atoms with Crippen molar-refractivity contribution in [2.45, 2.75) is 18.7 Å². The minimum absolute atomic E-state index is 0.0473. The van der Waals surface area contributed by atoms with Crippen LogP contribution in [0, 0.1) is 0 Å². The van der Waals surface area contributed by atoms with Crippen LogP contribution in [0.5, 0.6) is 5.88 Å². The number of alkyl halides is 3. The van der Waals surface area contributed by atoms with Crippen LogP contribution in [-0.4, -0.2) is 28.5 Å². The van der Waals surface area contributed by atoms with E-state index in [1.807, 2.05) is 0 Å². The number of hydrogen-bond acceptors (Lipinski definition) is 4. The Morgan fingerprint density at radius 3 is 2.76 bits per heavy atom. The van der Waals surface area contributed by atoms with Gasteiger partial charge in [0.15, 0.2) is 0 Å². The van der Waals surface area contributed by atoms with Crippen molar-refractivity contribution < 1.29 is 22.7 Å². The Morgan fingerprint density at radius 2 is 2.04 bits per heavy atom. The van der Waals surface area contributed by atoms with Gasteiger partial charge < -0.3 is 10.1 Å². The van der Waals surface area contributed by atoms with Gasteiger partial charge in [0.2, 0.25) is 5.88 Å². The van der Waals surface area contributed by atoms with Gasteiger partial charge in [0.1, 0.15) is 11.7 Å². The molecule has 132 valence electrons. The van der Waals surface area contributed by atoms with Crippen molar-refractivity contribution in [2.24, 2.45) is 0 Å². The van der Waals surface area contributed by atoms with Crippen LogP contribution in [0.15, 0.2) is 42.6 Å². The van der Waals surface area contributed by atoms with Gasteiger partial charge in [0.25, 0.3) is 5.91 Å². The molecule has 1 atom stereocenters. The van der Waals surface area contributed by atoms with E-state index < -0.39 is 17.6 Å². The number of nitrogens with zero attached hydrogens (tertiary/aromatic N) is 1. The molecule has 0 radical (unpaired) electrons. The van der Waals surface area contributed by atoms with E-state index in [2.05, 4.69) is 10.3 Å². The van der Waals surface area contributed by atoms with Crippen molar-refractivity contribution in [3.05, 3.63) is 53.7 Å². The molecule has 1 saturated heterocycles. The second-order valence-corrected chi connectivity index (χ2v) is 6.61. The molecule has 4 nitrogen and oxygen atoms in total. The van der Waals surface area contributed by atoms with Crippen LogP contribution >= 0.6 is 11.8 Å². The maximum absolute atomic E-state index is 13.1. The molecule has 0 saturated carbocycles. The van der Waals surface area contributed by atoms with Crippen LogP contribution in [0.1, 0.15) is 22.3 Å². The first-order chi connectivity index (χ1) is 11.9. The lowest BCUT2D eigenvalue weighted by Crippen LogP contribution is -2.21. The molecule has 1 N–H and O–H groups in total. The van der Waals surface area contributed by atoms with Gasteiger partial charge in [0, 0.05) is 11.9 Å². The molecule has 1 aliphatic heterocycles. The molecular weight excluding hydrogens is 353 g/mol. The predicted octanol–water partition coefficient (Wildman–Crippen LogP) is 4.24. The summed E-state index contributed by atoms with van der Waals surface area (Å²) in [6.07, 6.45) is -2.27. The number of carbonyl (C=O) groups excluding carboxylic acids is 1. The van der Waals surface area contributed by atoms with E-state index in [1.165, 1.54) is 30.5 Å². The smallest absolute Gasteiger partial charge is 0.418 e. The van der Waals surface area contributed by atoms with Gasteiger partial charge in [-0.15, -0.1) is 0 Å². The van der Waals surface area contributed by atoms with Crippen molar-refractivity contribution in [3.63, 3.8) is 0 Å². The quantitative estimate of drug-likeness (QED) is 0.877. The largest absolute Gasteiger partial charge is 0.473 e. The Balaban J connectivity index is 1.83. The number of nitrogens with one attached hydrogen (secondary N) is 1. The summed E-state index contributed by atoms with van der Waals surface area (Å²) >= 11 is 1.74. The number of ether oxygens (including phenoxy) is 1. The minimum Gasteiger partial charge on any atom is -0.473 e. The number of carbonyl (C=O) groups is 1. The number of pyridine rings is 1. The first-order valence-corrected chi connectivity index (χ1v) is 8.77. The molecule has 3 rings (SSSR count). The summed E-state index contributed by atoms with van der Waals surface area (Å²) in [5, 5.41) is 2.31.